The topological polar surface area (TPSA) is 78.9 Å². The molecule has 0 aliphatic carbocycles. The Balaban J connectivity index is 4.54. The van der Waals surface area contributed by atoms with Crippen LogP contribution in [0.15, 0.2) is 109 Å². The van der Waals surface area contributed by atoms with E-state index in [0.717, 1.165) is 103 Å². The Morgan fingerprint density at radius 2 is 0.588 bits per heavy atom. The van der Waals surface area contributed by atoms with E-state index in [1.165, 1.54) is 96.3 Å². The molecule has 0 saturated carbocycles. The summed E-state index contributed by atoms with van der Waals surface area (Å²) in [5.74, 6) is -1.00. The molecule has 6 heteroatoms. The molecule has 0 unspecified atom stereocenters. The molecule has 0 aromatic rings. The molecule has 0 aliphatic heterocycles. The van der Waals surface area contributed by atoms with Crippen molar-refractivity contribution in [2.45, 2.75) is 252 Å². The van der Waals surface area contributed by atoms with Crippen molar-refractivity contribution in [1.82, 2.24) is 0 Å². The van der Waals surface area contributed by atoms with Crippen LogP contribution in [0.25, 0.3) is 0 Å². The van der Waals surface area contributed by atoms with Crippen LogP contribution in [0.5, 0.6) is 0 Å². The molecule has 0 fully saturated rings. The zero-order valence-electron chi connectivity index (χ0n) is 44.1. The minimum atomic E-state index is -0.821. The molecule has 386 valence electrons. The van der Waals surface area contributed by atoms with Crippen molar-refractivity contribution in [1.29, 1.82) is 0 Å². The lowest BCUT2D eigenvalue weighted by molar-refractivity contribution is -0.167. The first-order valence-electron chi connectivity index (χ1n) is 27.9. The summed E-state index contributed by atoms with van der Waals surface area (Å²) in [4.78, 5) is 38.1. The van der Waals surface area contributed by atoms with Gasteiger partial charge in [-0.25, -0.2) is 0 Å². The Labute approximate surface area is 419 Å². The van der Waals surface area contributed by atoms with Crippen LogP contribution >= 0.6 is 0 Å². The summed E-state index contributed by atoms with van der Waals surface area (Å²) >= 11 is 0. The summed E-state index contributed by atoms with van der Waals surface area (Å²) in [6, 6.07) is 0. The third-order valence-corrected chi connectivity index (χ3v) is 11.5. The number of allylic oxidation sites excluding steroid dienone is 18. The van der Waals surface area contributed by atoms with Crippen LogP contribution in [0, 0.1) is 0 Å². The van der Waals surface area contributed by atoms with Crippen molar-refractivity contribution < 1.29 is 28.6 Å². The average molecular weight is 943 g/mol. The molecule has 0 saturated heterocycles. The summed E-state index contributed by atoms with van der Waals surface area (Å²) in [5, 5.41) is 0. The summed E-state index contributed by atoms with van der Waals surface area (Å²) < 4.78 is 16.8. The summed E-state index contributed by atoms with van der Waals surface area (Å²) in [7, 11) is 0. The van der Waals surface area contributed by atoms with Gasteiger partial charge >= 0.3 is 17.9 Å². The highest BCUT2D eigenvalue weighted by atomic mass is 16.6. The van der Waals surface area contributed by atoms with E-state index in [9.17, 15) is 14.4 Å². The predicted molar refractivity (Wildman–Crippen MR) is 293 cm³/mol. The number of unbranched alkanes of at least 4 members (excludes halogenated alkanes) is 20. The van der Waals surface area contributed by atoms with E-state index in [2.05, 4.69) is 130 Å². The number of carbonyl (C=O) groups is 3. The maximum absolute atomic E-state index is 12.8. The zero-order chi connectivity index (χ0) is 49.3. The number of ether oxygens (including phenoxy) is 3. The van der Waals surface area contributed by atoms with Crippen molar-refractivity contribution in [3.8, 4) is 0 Å². The fourth-order valence-electron chi connectivity index (χ4n) is 7.34. The van der Waals surface area contributed by atoms with Crippen molar-refractivity contribution in [3.05, 3.63) is 109 Å². The molecule has 0 amide bonds. The lowest BCUT2D eigenvalue weighted by atomic mass is 10.0. The number of hydrogen-bond donors (Lipinski definition) is 0. The smallest absolute Gasteiger partial charge is 0.306 e. The minimum Gasteiger partial charge on any atom is -0.462 e. The number of rotatable bonds is 49. The van der Waals surface area contributed by atoms with Gasteiger partial charge in [0.2, 0.25) is 0 Å². The van der Waals surface area contributed by atoms with E-state index < -0.39 is 6.10 Å². The monoisotopic (exact) mass is 943 g/mol. The molecular formula is C62H102O6. The van der Waals surface area contributed by atoms with Crippen LogP contribution in [0.2, 0.25) is 0 Å². The number of esters is 3. The van der Waals surface area contributed by atoms with E-state index in [1.54, 1.807) is 0 Å². The summed E-state index contributed by atoms with van der Waals surface area (Å²) in [6.07, 6.45) is 75.1. The average Bonchev–Trinajstić information content (AvgIpc) is 3.34. The van der Waals surface area contributed by atoms with Gasteiger partial charge in [0.05, 0.1) is 0 Å². The highest BCUT2D eigenvalue weighted by Crippen LogP contribution is 2.14. The van der Waals surface area contributed by atoms with E-state index in [1.807, 2.05) is 0 Å². The van der Waals surface area contributed by atoms with Crippen LogP contribution < -0.4 is 0 Å². The Kier molecular flexibility index (Phi) is 52.4. The molecule has 0 N–H and O–H groups in total. The van der Waals surface area contributed by atoms with Crippen molar-refractivity contribution in [2.24, 2.45) is 0 Å². The lowest BCUT2D eigenvalue weighted by Gasteiger charge is -2.18. The second kappa shape index (κ2) is 55.7. The molecular weight excluding hydrogens is 841 g/mol. The highest BCUT2D eigenvalue weighted by molar-refractivity contribution is 5.71. The Hall–Kier alpha value is -3.93. The quantitative estimate of drug-likeness (QED) is 0.0262. The van der Waals surface area contributed by atoms with Gasteiger partial charge in [-0.05, 0) is 103 Å². The van der Waals surface area contributed by atoms with Gasteiger partial charge < -0.3 is 14.2 Å². The summed E-state index contributed by atoms with van der Waals surface area (Å²) in [6.45, 7) is 6.42. The second-order valence-electron chi connectivity index (χ2n) is 18.1. The van der Waals surface area contributed by atoms with E-state index in [0.29, 0.717) is 19.3 Å². The van der Waals surface area contributed by atoms with Crippen molar-refractivity contribution in [2.75, 3.05) is 13.2 Å². The molecule has 68 heavy (non-hydrogen) atoms. The van der Waals surface area contributed by atoms with Gasteiger partial charge in [0, 0.05) is 19.3 Å². The largest absolute Gasteiger partial charge is 0.462 e. The predicted octanol–water partition coefficient (Wildman–Crippen LogP) is 18.7. The molecule has 1 atom stereocenters. The van der Waals surface area contributed by atoms with Crippen LogP contribution in [-0.2, 0) is 28.6 Å². The van der Waals surface area contributed by atoms with Gasteiger partial charge in [0.25, 0.3) is 0 Å². The van der Waals surface area contributed by atoms with Crippen LogP contribution in [0.3, 0.4) is 0 Å². The standard InChI is InChI=1S/C62H102O6/c1-4-7-10-13-16-19-22-25-28-30-31-33-34-37-40-43-46-49-52-55-61(64)67-58-59(57-66-60(63)54-51-48-45-42-39-36-27-24-21-18-15-12-9-6-3)68-62(65)56-53-50-47-44-41-38-35-32-29-26-23-20-17-14-11-8-5-2/h7,10,16-17,19-20,25-26,28-29,31,33,35,37-38,40,44,47,59H,4-6,8-9,11-15,18,21-24,27,30,32,34,36,39,41-43,45-46,48-58H2,1-3H3/b10-7-,19-16-,20-17-,28-25-,29-26-,33-31-,38-35-,40-37-,47-44-/t59-/m1/s1. The van der Waals surface area contributed by atoms with Crippen molar-refractivity contribution in [3.63, 3.8) is 0 Å². The molecule has 0 rings (SSSR count). The van der Waals surface area contributed by atoms with Gasteiger partial charge in [-0.1, -0.05) is 233 Å². The van der Waals surface area contributed by atoms with Crippen LogP contribution in [-0.4, -0.2) is 37.2 Å². The van der Waals surface area contributed by atoms with Crippen LogP contribution in [0.4, 0.5) is 0 Å². The molecule has 0 aliphatic rings. The van der Waals surface area contributed by atoms with Gasteiger partial charge in [-0.15, -0.1) is 0 Å². The van der Waals surface area contributed by atoms with Crippen LogP contribution in [0.1, 0.15) is 245 Å². The third-order valence-electron chi connectivity index (χ3n) is 11.5. The normalized spacial score (nSPS) is 12.9. The number of carbonyl (C=O) groups excluding carboxylic acids is 3. The SMILES string of the molecule is CC/C=C\C/C=C\C/C=C\C/C=C\C/C=C\CCCCCC(=O)OC[C@@H](COC(=O)CCCCCCCCCCCCCCCC)OC(=O)CCC/C=C\C/C=C\C/C=C\C/C=C\CCCCC. The molecule has 0 aromatic carbocycles. The fraction of sp³-hybridized carbons (Fsp3) is 0.661. The first-order valence-corrected chi connectivity index (χ1v) is 27.9. The highest BCUT2D eigenvalue weighted by Gasteiger charge is 2.19. The summed E-state index contributed by atoms with van der Waals surface area (Å²) in [5.41, 5.74) is 0. The van der Waals surface area contributed by atoms with E-state index in [4.69, 9.17) is 14.2 Å². The third kappa shape index (κ3) is 53.0. The van der Waals surface area contributed by atoms with E-state index in [-0.39, 0.29) is 37.5 Å². The molecule has 0 radical (unpaired) electrons. The Morgan fingerprint density at radius 1 is 0.309 bits per heavy atom. The maximum atomic E-state index is 12.8. The molecule has 0 heterocycles. The fourth-order valence-corrected chi connectivity index (χ4v) is 7.34. The van der Waals surface area contributed by atoms with Gasteiger partial charge in [-0.2, -0.15) is 0 Å². The van der Waals surface area contributed by atoms with Gasteiger partial charge in [0.1, 0.15) is 13.2 Å². The first-order chi connectivity index (χ1) is 33.5. The van der Waals surface area contributed by atoms with E-state index >= 15 is 0 Å². The second-order valence-corrected chi connectivity index (χ2v) is 18.1. The Bertz CT molecular complexity index is 1410. The zero-order valence-corrected chi connectivity index (χ0v) is 44.1. The molecule has 6 nitrogen and oxygen atoms in total. The lowest BCUT2D eigenvalue weighted by Crippen LogP contribution is -2.30. The van der Waals surface area contributed by atoms with Gasteiger partial charge in [0.15, 0.2) is 6.10 Å². The Morgan fingerprint density at radius 3 is 0.971 bits per heavy atom. The first kappa shape index (κ1) is 64.1. The molecule has 0 spiro atoms. The maximum Gasteiger partial charge on any atom is 0.306 e. The van der Waals surface area contributed by atoms with Gasteiger partial charge in [-0.3, -0.25) is 14.4 Å². The van der Waals surface area contributed by atoms with Crippen molar-refractivity contribution >= 4 is 17.9 Å². The molecule has 0 aromatic heterocycles. The number of hydrogen-bond acceptors (Lipinski definition) is 6. The molecule has 0 bridgehead atoms. The minimum absolute atomic E-state index is 0.110.